The van der Waals surface area contributed by atoms with Gasteiger partial charge in [-0.3, -0.25) is 0 Å². The molecule has 0 amide bonds. The molecule has 5 heavy (non-hydrogen) atoms. The second-order valence-electron chi connectivity index (χ2n) is 1.09. The zero-order valence-corrected chi connectivity index (χ0v) is 5.54. The number of hydrogen-bond acceptors (Lipinski definition) is 0. The Bertz CT molecular complexity index is 66.3. The van der Waals surface area contributed by atoms with Gasteiger partial charge in [0, 0.05) is 8.49 Å². The summed E-state index contributed by atoms with van der Waals surface area (Å²) >= 11 is 1.63. The highest BCUT2D eigenvalue weighted by Crippen LogP contribution is 1.95. The number of alkyl halides is 1. The first-order valence-electron chi connectivity index (χ1n) is 2.94. The zero-order chi connectivity index (χ0) is 7.00. The van der Waals surface area contributed by atoms with E-state index >= 15 is 0 Å². The van der Waals surface area contributed by atoms with Gasteiger partial charge in [-0.05, 0) is 5.89 Å². The summed E-state index contributed by atoms with van der Waals surface area (Å²) in [6.45, 7) is 3.11. The first-order valence-corrected chi connectivity index (χ1v) is 2.52. The van der Waals surface area contributed by atoms with Crippen molar-refractivity contribution in [1.82, 2.24) is 0 Å². The van der Waals surface area contributed by atoms with Gasteiger partial charge >= 0.3 is 0 Å². The zero-order valence-electron chi connectivity index (χ0n) is 6.38. The molecule has 0 aliphatic carbocycles. The van der Waals surface area contributed by atoms with Gasteiger partial charge in [0.15, 0.2) is 0 Å². The largest absolute Gasteiger partial charge is 0.0861 e. The number of rotatable bonds is 1. The van der Waals surface area contributed by atoms with E-state index in [1.807, 2.05) is 0 Å². The Morgan fingerprint density at radius 2 is 2.40 bits per heavy atom. The molecule has 0 aliphatic rings. The standard InChI is InChI=1S/C4H9I/c1-4(2)3-5/h4H,3H2,1-2H3/i3D2,4D. The highest BCUT2D eigenvalue weighted by molar-refractivity contribution is 14.1. The van der Waals surface area contributed by atoms with E-state index in [1.165, 1.54) is 0 Å². The smallest absolute Gasteiger partial charge is 0.0380 e. The lowest BCUT2D eigenvalue weighted by Crippen LogP contribution is -1.82. The maximum Gasteiger partial charge on any atom is 0.0380 e. The van der Waals surface area contributed by atoms with E-state index in [2.05, 4.69) is 0 Å². The molecule has 0 N–H and O–H groups in total. The lowest BCUT2D eigenvalue weighted by atomic mass is 10.3. The Labute approximate surface area is 51.3 Å². The molecule has 0 fully saturated rings. The lowest BCUT2D eigenvalue weighted by molar-refractivity contribution is 0.763. The maximum absolute atomic E-state index is 7.20. The first kappa shape index (κ1) is 2.15. The van der Waals surface area contributed by atoms with Crippen LogP contribution in [0.4, 0.5) is 0 Å². The van der Waals surface area contributed by atoms with Gasteiger partial charge in [0.25, 0.3) is 0 Å². The predicted molar refractivity (Wildman–Crippen MR) is 33.7 cm³/mol. The maximum atomic E-state index is 7.20. The van der Waals surface area contributed by atoms with Crippen LogP contribution in [-0.4, -0.2) is 4.38 Å². The minimum Gasteiger partial charge on any atom is -0.0861 e. The van der Waals surface area contributed by atoms with E-state index in [0.29, 0.717) is 0 Å². The third-order valence-electron chi connectivity index (χ3n) is 0.189. The molecule has 0 aromatic rings. The Morgan fingerprint density at radius 1 is 2.20 bits per heavy atom. The average molecular weight is 187 g/mol. The Morgan fingerprint density at radius 3 is 2.40 bits per heavy atom. The van der Waals surface area contributed by atoms with E-state index in [1.54, 1.807) is 36.4 Å². The molecule has 0 aromatic heterocycles. The summed E-state index contributed by atoms with van der Waals surface area (Å²) in [6.07, 6.45) is 0. The minimum absolute atomic E-state index is 0.993. The second-order valence-corrected chi connectivity index (χ2v) is 1.63. The van der Waals surface area contributed by atoms with Gasteiger partial charge in [-0.1, -0.05) is 36.4 Å². The van der Waals surface area contributed by atoms with Crippen LogP contribution in [0.3, 0.4) is 0 Å². The van der Waals surface area contributed by atoms with Crippen LogP contribution in [0.2, 0.25) is 0 Å². The number of hydrogen-bond donors (Lipinski definition) is 0. The van der Waals surface area contributed by atoms with Crippen molar-refractivity contribution in [3.8, 4) is 0 Å². The molecule has 1 heteroatoms. The fraction of sp³-hybridized carbons (Fsp3) is 1.00. The van der Waals surface area contributed by atoms with Crippen LogP contribution in [-0.2, 0) is 0 Å². The molecule has 0 aliphatic heterocycles. The third-order valence-corrected chi connectivity index (χ3v) is 1.27. The van der Waals surface area contributed by atoms with Gasteiger partial charge in [0.2, 0.25) is 0 Å². The Hall–Kier alpha value is 0.730. The predicted octanol–water partition coefficient (Wildman–Crippen LogP) is 2.08. The summed E-state index contributed by atoms with van der Waals surface area (Å²) in [7, 11) is 0. The van der Waals surface area contributed by atoms with Crippen molar-refractivity contribution in [1.29, 1.82) is 0 Å². The van der Waals surface area contributed by atoms with Gasteiger partial charge in [-0.25, -0.2) is 0 Å². The van der Waals surface area contributed by atoms with Crippen LogP contribution in [0.15, 0.2) is 0 Å². The molecule has 0 aromatic carbocycles. The van der Waals surface area contributed by atoms with E-state index in [-0.39, 0.29) is 0 Å². The molecule has 0 radical (unpaired) electrons. The van der Waals surface area contributed by atoms with Gasteiger partial charge in [-0.15, -0.1) is 0 Å². The van der Waals surface area contributed by atoms with Crippen molar-refractivity contribution in [3.63, 3.8) is 0 Å². The molecular weight excluding hydrogens is 175 g/mol. The molecule has 0 atom stereocenters. The molecule has 32 valence electrons. The fourth-order valence-electron chi connectivity index (χ4n) is 0. The molecule has 0 unspecified atom stereocenters. The summed E-state index contributed by atoms with van der Waals surface area (Å²) < 4.78 is 19.9. The van der Waals surface area contributed by atoms with Gasteiger partial charge in [0.1, 0.15) is 0 Å². The fourth-order valence-corrected chi connectivity index (χ4v) is 0. The van der Waals surface area contributed by atoms with Crippen LogP contribution in [0.5, 0.6) is 0 Å². The quantitative estimate of drug-likeness (QED) is 0.435. The highest BCUT2D eigenvalue weighted by atomic mass is 127. The van der Waals surface area contributed by atoms with Gasteiger partial charge in [-0.2, -0.15) is 0 Å². The third kappa shape index (κ3) is 4.73. The summed E-state index contributed by atoms with van der Waals surface area (Å²) in [5.41, 5.74) is 0. The SMILES string of the molecule is [2H]C(C)(C)C([2H])([2H])I. The molecule has 0 nitrogen and oxygen atoms in total. The van der Waals surface area contributed by atoms with Crippen molar-refractivity contribution in [3.05, 3.63) is 0 Å². The van der Waals surface area contributed by atoms with Crippen molar-refractivity contribution in [2.45, 2.75) is 13.8 Å². The molecule has 0 spiro atoms. The van der Waals surface area contributed by atoms with E-state index in [9.17, 15) is 0 Å². The van der Waals surface area contributed by atoms with Crippen LogP contribution in [0.1, 0.15) is 18.0 Å². The van der Waals surface area contributed by atoms with E-state index < -0.39 is 10.3 Å². The molecule has 0 saturated heterocycles. The molecular formula is C4H9I. The van der Waals surface area contributed by atoms with Crippen LogP contribution in [0.25, 0.3) is 0 Å². The molecule has 0 bridgehead atoms. The minimum atomic E-state index is -1.43. The average Bonchev–Trinajstić information content (AvgIpc) is 1.25. The van der Waals surface area contributed by atoms with Crippen LogP contribution >= 0.6 is 22.6 Å². The summed E-state index contributed by atoms with van der Waals surface area (Å²) in [4.78, 5) is 0. The topological polar surface area (TPSA) is 0 Å². The highest BCUT2D eigenvalue weighted by Gasteiger charge is 1.81. The Kier molecular flexibility index (Phi) is 1.26. The van der Waals surface area contributed by atoms with Crippen LogP contribution in [0, 0.1) is 5.89 Å². The first-order chi connectivity index (χ1) is 3.25. The molecule has 0 heterocycles. The van der Waals surface area contributed by atoms with E-state index in [4.69, 9.17) is 4.11 Å². The monoisotopic (exact) mass is 187 g/mol. The summed E-state index contributed by atoms with van der Waals surface area (Å²) in [5.74, 6) is -0.993. The lowest BCUT2D eigenvalue weighted by Gasteiger charge is -1.88. The van der Waals surface area contributed by atoms with E-state index in [0.717, 1.165) is 0 Å². The van der Waals surface area contributed by atoms with Crippen molar-refractivity contribution >= 4 is 22.6 Å². The van der Waals surface area contributed by atoms with Crippen molar-refractivity contribution in [2.24, 2.45) is 5.89 Å². The van der Waals surface area contributed by atoms with Crippen molar-refractivity contribution < 1.29 is 4.11 Å². The van der Waals surface area contributed by atoms with Crippen LogP contribution < -0.4 is 0 Å². The molecule has 0 saturated carbocycles. The Balaban J connectivity index is 4.02. The van der Waals surface area contributed by atoms with Crippen molar-refractivity contribution in [2.75, 3.05) is 4.38 Å². The normalized spacial score (nSPS) is 23.4. The number of halogens is 1. The second kappa shape index (κ2) is 2.94. The summed E-state index contributed by atoms with van der Waals surface area (Å²) in [5, 5.41) is 0. The molecule has 0 rings (SSSR count). The van der Waals surface area contributed by atoms with Gasteiger partial charge in [0.05, 0.1) is 0 Å². The summed E-state index contributed by atoms with van der Waals surface area (Å²) in [6, 6.07) is 0. The van der Waals surface area contributed by atoms with Gasteiger partial charge < -0.3 is 0 Å².